The van der Waals surface area contributed by atoms with Crippen LogP contribution in [0.2, 0.25) is 0 Å². The van der Waals surface area contributed by atoms with E-state index in [1.165, 1.54) is 5.56 Å². The van der Waals surface area contributed by atoms with Crippen molar-refractivity contribution in [2.75, 3.05) is 26.7 Å². The number of hydrogen-bond acceptors (Lipinski definition) is 2. The van der Waals surface area contributed by atoms with Crippen LogP contribution in [0.4, 0.5) is 0 Å². The van der Waals surface area contributed by atoms with Crippen LogP contribution >= 0.6 is 15.9 Å². The van der Waals surface area contributed by atoms with E-state index in [-0.39, 0.29) is 11.9 Å². The van der Waals surface area contributed by atoms with Gasteiger partial charge in [-0.3, -0.25) is 4.79 Å². The molecule has 1 saturated heterocycles. The fourth-order valence-corrected chi connectivity index (χ4v) is 3.43. The largest absolute Gasteiger partial charge is 0.330 e. The van der Waals surface area contributed by atoms with Crippen molar-refractivity contribution in [3.05, 3.63) is 76.3 Å². The number of piperazine rings is 1. The first-order valence-electron chi connectivity index (χ1n) is 8.12. The Morgan fingerprint density at radius 3 is 2.54 bits per heavy atom. The second kappa shape index (κ2) is 7.77. The van der Waals surface area contributed by atoms with Crippen LogP contribution < -0.4 is 0 Å². The average molecular weight is 385 g/mol. The summed E-state index contributed by atoms with van der Waals surface area (Å²) in [4.78, 5) is 17.0. The Bertz CT molecular complexity index is 729. The van der Waals surface area contributed by atoms with Gasteiger partial charge in [-0.25, -0.2) is 0 Å². The number of likely N-dealkylation sites (N-methyl/N-ethyl adjacent to an activating group) is 1. The minimum atomic E-state index is 0.0627. The molecule has 3 rings (SSSR count). The molecular formula is C20H21BrN2O. The van der Waals surface area contributed by atoms with Gasteiger partial charge < -0.3 is 9.80 Å². The Kier molecular flexibility index (Phi) is 5.48. The van der Waals surface area contributed by atoms with E-state index in [2.05, 4.69) is 40.0 Å². The molecule has 1 aliphatic heterocycles. The minimum Gasteiger partial charge on any atom is -0.330 e. The maximum Gasteiger partial charge on any atom is 0.247 e. The molecule has 2 aromatic carbocycles. The highest BCUT2D eigenvalue weighted by atomic mass is 79.9. The fraction of sp³-hybridized carbons (Fsp3) is 0.250. The standard InChI is InChI=1S/C20H21BrN2O/c1-22-13-14-23(19(15-22)17-8-3-2-4-9-17)20(24)12-11-16-7-5-6-10-18(16)21/h2-12,19H,13-15H2,1H3. The lowest BCUT2D eigenvalue weighted by Crippen LogP contribution is -2.48. The lowest BCUT2D eigenvalue weighted by Gasteiger charge is -2.40. The van der Waals surface area contributed by atoms with E-state index in [1.54, 1.807) is 6.08 Å². The van der Waals surface area contributed by atoms with Crippen LogP contribution in [0.25, 0.3) is 6.08 Å². The summed E-state index contributed by atoms with van der Waals surface area (Å²) in [5, 5.41) is 0. The molecule has 1 unspecified atom stereocenters. The molecule has 0 aromatic heterocycles. The Balaban J connectivity index is 1.80. The number of hydrogen-bond donors (Lipinski definition) is 0. The summed E-state index contributed by atoms with van der Waals surface area (Å²) in [5.41, 5.74) is 2.20. The summed E-state index contributed by atoms with van der Waals surface area (Å²) in [6, 6.07) is 18.3. The molecule has 0 aliphatic carbocycles. The number of carbonyl (C=O) groups excluding carboxylic acids is 1. The summed E-state index contributed by atoms with van der Waals surface area (Å²) in [6.07, 6.45) is 3.56. The fourth-order valence-electron chi connectivity index (χ4n) is 3.01. The number of halogens is 1. The summed E-state index contributed by atoms with van der Waals surface area (Å²) in [7, 11) is 2.11. The zero-order chi connectivity index (χ0) is 16.9. The van der Waals surface area contributed by atoms with E-state index >= 15 is 0 Å². The molecule has 2 aromatic rings. The minimum absolute atomic E-state index is 0.0627. The molecule has 0 N–H and O–H groups in total. The highest BCUT2D eigenvalue weighted by molar-refractivity contribution is 9.10. The number of amides is 1. The van der Waals surface area contributed by atoms with E-state index in [0.29, 0.717) is 0 Å². The van der Waals surface area contributed by atoms with E-state index in [1.807, 2.05) is 53.4 Å². The van der Waals surface area contributed by atoms with Crippen molar-refractivity contribution in [1.29, 1.82) is 0 Å². The third kappa shape index (κ3) is 3.94. The Labute approximate surface area is 151 Å². The topological polar surface area (TPSA) is 23.6 Å². The van der Waals surface area contributed by atoms with Crippen molar-refractivity contribution in [3.8, 4) is 0 Å². The summed E-state index contributed by atoms with van der Waals surface area (Å²) < 4.78 is 0.993. The molecule has 124 valence electrons. The maximum absolute atomic E-state index is 12.8. The van der Waals surface area contributed by atoms with Crippen LogP contribution in [0.1, 0.15) is 17.2 Å². The normalized spacial score (nSPS) is 18.9. The van der Waals surface area contributed by atoms with Gasteiger partial charge in [-0.2, -0.15) is 0 Å². The summed E-state index contributed by atoms with van der Waals surface area (Å²) in [6.45, 7) is 2.51. The lowest BCUT2D eigenvalue weighted by molar-refractivity contribution is -0.130. The second-order valence-corrected chi connectivity index (χ2v) is 6.93. The molecule has 1 aliphatic rings. The average Bonchev–Trinajstić information content (AvgIpc) is 2.61. The van der Waals surface area contributed by atoms with Gasteiger partial charge in [-0.15, -0.1) is 0 Å². The van der Waals surface area contributed by atoms with Crippen molar-refractivity contribution >= 4 is 27.9 Å². The van der Waals surface area contributed by atoms with Crippen LogP contribution in [0, 0.1) is 0 Å². The molecule has 24 heavy (non-hydrogen) atoms. The first-order valence-corrected chi connectivity index (χ1v) is 8.91. The number of nitrogens with zero attached hydrogens (tertiary/aromatic N) is 2. The molecule has 0 bridgehead atoms. The summed E-state index contributed by atoms with van der Waals surface area (Å²) in [5.74, 6) is 0.0627. The first-order chi connectivity index (χ1) is 11.6. The predicted octanol–water partition coefficient (Wildman–Crippen LogP) is 3.98. The van der Waals surface area contributed by atoms with Gasteiger partial charge >= 0.3 is 0 Å². The van der Waals surface area contributed by atoms with Gasteiger partial charge in [0, 0.05) is 30.2 Å². The highest BCUT2D eigenvalue weighted by Crippen LogP contribution is 2.25. The third-order valence-electron chi connectivity index (χ3n) is 4.36. The Morgan fingerprint density at radius 2 is 1.79 bits per heavy atom. The van der Waals surface area contributed by atoms with Gasteiger partial charge in [0.15, 0.2) is 0 Å². The van der Waals surface area contributed by atoms with E-state index in [0.717, 1.165) is 29.7 Å². The van der Waals surface area contributed by atoms with Crippen molar-refractivity contribution in [1.82, 2.24) is 9.80 Å². The molecule has 1 atom stereocenters. The summed E-state index contributed by atoms with van der Waals surface area (Å²) >= 11 is 3.52. The molecule has 0 spiro atoms. The monoisotopic (exact) mass is 384 g/mol. The molecule has 0 radical (unpaired) electrons. The van der Waals surface area contributed by atoms with Crippen LogP contribution in [0.5, 0.6) is 0 Å². The quantitative estimate of drug-likeness (QED) is 0.747. The predicted molar refractivity (Wildman–Crippen MR) is 102 cm³/mol. The smallest absolute Gasteiger partial charge is 0.247 e. The first kappa shape index (κ1) is 16.9. The van der Waals surface area contributed by atoms with Gasteiger partial charge in [-0.1, -0.05) is 64.5 Å². The van der Waals surface area contributed by atoms with Crippen LogP contribution in [-0.4, -0.2) is 42.4 Å². The number of benzene rings is 2. The molecular weight excluding hydrogens is 364 g/mol. The van der Waals surface area contributed by atoms with Gasteiger partial charge in [0.05, 0.1) is 6.04 Å². The van der Waals surface area contributed by atoms with E-state index in [4.69, 9.17) is 0 Å². The van der Waals surface area contributed by atoms with Gasteiger partial charge in [0.1, 0.15) is 0 Å². The molecule has 0 saturated carbocycles. The van der Waals surface area contributed by atoms with Crippen LogP contribution in [0.15, 0.2) is 65.1 Å². The van der Waals surface area contributed by atoms with Gasteiger partial charge in [0.25, 0.3) is 0 Å². The van der Waals surface area contributed by atoms with Crippen molar-refractivity contribution in [3.63, 3.8) is 0 Å². The van der Waals surface area contributed by atoms with Gasteiger partial charge in [0.2, 0.25) is 5.91 Å². The van der Waals surface area contributed by atoms with Crippen LogP contribution in [0.3, 0.4) is 0 Å². The molecule has 3 nitrogen and oxygen atoms in total. The Morgan fingerprint density at radius 1 is 1.08 bits per heavy atom. The van der Waals surface area contributed by atoms with E-state index < -0.39 is 0 Å². The molecule has 1 heterocycles. The van der Waals surface area contributed by atoms with Crippen LogP contribution in [-0.2, 0) is 4.79 Å². The van der Waals surface area contributed by atoms with E-state index in [9.17, 15) is 4.79 Å². The van der Waals surface area contributed by atoms with Crippen molar-refractivity contribution < 1.29 is 4.79 Å². The maximum atomic E-state index is 12.8. The second-order valence-electron chi connectivity index (χ2n) is 6.08. The molecule has 1 fully saturated rings. The zero-order valence-corrected chi connectivity index (χ0v) is 15.3. The van der Waals surface area contributed by atoms with Crippen molar-refractivity contribution in [2.24, 2.45) is 0 Å². The highest BCUT2D eigenvalue weighted by Gasteiger charge is 2.28. The third-order valence-corrected chi connectivity index (χ3v) is 5.08. The lowest BCUT2D eigenvalue weighted by atomic mass is 10.0. The number of rotatable bonds is 3. The molecule has 1 amide bonds. The van der Waals surface area contributed by atoms with Crippen molar-refractivity contribution in [2.45, 2.75) is 6.04 Å². The number of carbonyl (C=O) groups is 1. The Hall–Kier alpha value is -1.91. The van der Waals surface area contributed by atoms with Gasteiger partial charge in [-0.05, 0) is 30.3 Å². The zero-order valence-electron chi connectivity index (χ0n) is 13.7. The molecule has 4 heteroatoms. The SMILES string of the molecule is CN1CCN(C(=O)C=Cc2ccccc2Br)C(c2ccccc2)C1.